The van der Waals surface area contributed by atoms with Gasteiger partial charge in [-0.25, -0.2) is 4.98 Å². The quantitative estimate of drug-likeness (QED) is 0.711. The van der Waals surface area contributed by atoms with Crippen molar-refractivity contribution in [2.45, 2.75) is 25.3 Å². The van der Waals surface area contributed by atoms with Crippen molar-refractivity contribution >= 4 is 54.0 Å². The fraction of sp³-hybridized carbons (Fsp3) is 0.350. The SMILES string of the molecule is Cl.Cl.NC(CC(=O)N1CCC(C(=O)Nc2ccc(Cl)cn2)CC1)c1ccccc1. The van der Waals surface area contributed by atoms with Crippen molar-refractivity contribution in [2.24, 2.45) is 11.7 Å². The fourth-order valence-corrected chi connectivity index (χ4v) is 3.32. The Kier molecular flexibility index (Phi) is 10.4. The largest absolute Gasteiger partial charge is 0.343 e. The second-order valence-corrected chi connectivity index (χ2v) is 7.16. The number of anilines is 1. The molecular weight excluding hydrogens is 435 g/mol. The smallest absolute Gasteiger partial charge is 0.228 e. The van der Waals surface area contributed by atoms with Gasteiger partial charge in [-0.1, -0.05) is 41.9 Å². The second kappa shape index (κ2) is 12.0. The van der Waals surface area contributed by atoms with Gasteiger partial charge in [0.1, 0.15) is 5.82 Å². The molecule has 1 unspecified atom stereocenters. The molecule has 0 saturated carbocycles. The van der Waals surface area contributed by atoms with Crippen molar-refractivity contribution < 1.29 is 9.59 Å². The number of piperidine rings is 1. The van der Waals surface area contributed by atoms with Gasteiger partial charge in [-0.2, -0.15) is 0 Å². The zero-order valence-electron chi connectivity index (χ0n) is 15.8. The van der Waals surface area contributed by atoms with Gasteiger partial charge in [0.2, 0.25) is 11.8 Å². The van der Waals surface area contributed by atoms with Crippen LogP contribution in [0.25, 0.3) is 0 Å². The van der Waals surface area contributed by atoms with E-state index in [1.54, 1.807) is 17.0 Å². The number of rotatable bonds is 5. The molecular formula is C20H25Cl3N4O2. The number of nitrogens with two attached hydrogens (primary N) is 1. The number of benzene rings is 1. The van der Waals surface area contributed by atoms with Crippen LogP contribution >= 0.6 is 36.4 Å². The Labute approximate surface area is 188 Å². The summed E-state index contributed by atoms with van der Waals surface area (Å²) in [5.74, 6) is 0.313. The molecule has 6 nitrogen and oxygen atoms in total. The van der Waals surface area contributed by atoms with Gasteiger partial charge < -0.3 is 16.0 Å². The Morgan fingerprint density at radius 1 is 1.14 bits per heavy atom. The number of nitrogens with one attached hydrogen (secondary N) is 1. The highest BCUT2D eigenvalue weighted by Gasteiger charge is 2.28. The zero-order valence-corrected chi connectivity index (χ0v) is 18.2. The summed E-state index contributed by atoms with van der Waals surface area (Å²) in [6.07, 6.45) is 3.03. The number of nitrogens with zero attached hydrogens (tertiary/aromatic N) is 2. The summed E-state index contributed by atoms with van der Waals surface area (Å²) >= 11 is 5.80. The average Bonchev–Trinajstić information content (AvgIpc) is 2.70. The molecule has 2 aromatic rings. The summed E-state index contributed by atoms with van der Waals surface area (Å²) in [5, 5.41) is 3.33. The van der Waals surface area contributed by atoms with Crippen molar-refractivity contribution in [1.82, 2.24) is 9.88 Å². The molecule has 2 amide bonds. The highest BCUT2D eigenvalue weighted by molar-refractivity contribution is 6.30. The number of carbonyl (C=O) groups excluding carboxylic acids is 2. The minimum Gasteiger partial charge on any atom is -0.343 e. The number of amides is 2. The Morgan fingerprint density at radius 2 is 1.79 bits per heavy atom. The van der Waals surface area contributed by atoms with Crippen LogP contribution in [0.5, 0.6) is 0 Å². The normalized spacial score (nSPS) is 14.9. The van der Waals surface area contributed by atoms with Gasteiger partial charge in [-0.05, 0) is 30.5 Å². The average molecular weight is 460 g/mol. The summed E-state index contributed by atoms with van der Waals surface area (Å²) in [7, 11) is 0. The van der Waals surface area contributed by atoms with E-state index in [-0.39, 0.29) is 55.0 Å². The molecule has 0 aliphatic carbocycles. The van der Waals surface area contributed by atoms with Crippen LogP contribution in [0, 0.1) is 5.92 Å². The predicted molar refractivity (Wildman–Crippen MR) is 120 cm³/mol. The van der Waals surface area contributed by atoms with Crippen LogP contribution in [0.4, 0.5) is 5.82 Å². The molecule has 158 valence electrons. The van der Waals surface area contributed by atoms with Crippen molar-refractivity contribution in [1.29, 1.82) is 0 Å². The van der Waals surface area contributed by atoms with E-state index in [1.165, 1.54) is 6.20 Å². The molecule has 3 rings (SSSR count). The van der Waals surface area contributed by atoms with Gasteiger partial charge >= 0.3 is 0 Å². The standard InChI is InChI=1S/C20H23ClN4O2.2ClH/c21-16-6-7-18(23-13-16)24-20(27)15-8-10-25(11-9-15)19(26)12-17(22)14-4-2-1-3-5-14;;/h1-7,13,15,17H,8-12,22H2,(H,23,24,27);2*1H. The maximum absolute atomic E-state index is 12.5. The van der Waals surface area contributed by atoms with Crippen LogP contribution in [0.1, 0.15) is 30.9 Å². The molecule has 2 heterocycles. The van der Waals surface area contributed by atoms with Crippen molar-refractivity contribution in [3.8, 4) is 0 Å². The molecule has 1 aliphatic rings. The summed E-state index contributed by atoms with van der Waals surface area (Å²) in [5.41, 5.74) is 7.10. The van der Waals surface area contributed by atoms with Gasteiger partial charge in [-0.3, -0.25) is 9.59 Å². The number of halogens is 3. The third-order valence-corrected chi connectivity index (χ3v) is 5.04. The first-order chi connectivity index (χ1) is 13.0. The molecule has 1 fully saturated rings. The number of hydrogen-bond donors (Lipinski definition) is 2. The van der Waals surface area contributed by atoms with Crippen LogP contribution in [0.2, 0.25) is 5.02 Å². The lowest BCUT2D eigenvalue weighted by atomic mass is 9.95. The minimum absolute atomic E-state index is 0. The highest BCUT2D eigenvalue weighted by Crippen LogP contribution is 2.22. The Bertz CT molecular complexity index is 782. The Hall–Kier alpha value is -1.86. The molecule has 1 aliphatic heterocycles. The summed E-state index contributed by atoms with van der Waals surface area (Å²) in [6.45, 7) is 1.12. The number of likely N-dealkylation sites (tertiary alicyclic amines) is 1. The third kappa shape index (κ3) is 7.16. The van der Waals surface area contributed by atoms with Gasteiger partial charge in [0.25, 0.3) is 0 Å². The lowest BCUT2D eigenvalue weighted by molar-refractivity contribution is -0.134. The van der Waals surface area contributed by atoms with Crippen molar-refractivity contribution in [2.75, 3.05) is 18.4 Å². The Balaban J connectivity index is 0.00000210. The van der Waals surface area contributed by atoms with Crippen LogP contribution in [-0.4, -0.2) is 34.8 Å². The molecule has 1 aromatic heterocycles. The number of pyridine rings is 1. The molecule has 3 N–H and O–H groups in total. The van der Waals surface area contributed by atoms with Gasteiger partial charge in [-0.15, -0.1) is 24.8 Å². The highest BCUT2D eigenvalue weighted by atomic mass is 35.5. The minimum atomic E-state index is -0.310. The first kappa shape index (κ1) is 25.2. The van der Waals surface area contributed by atoms with Gasteiger partial charge in [0.15, 0.2) is 0 Å². The van der Waals surface area contributed by atoms with Crippen LogP contribution in [-0.2, 0) is 9.59 Å². The van der Waals surface area contributed by atoms with Crippen molar-refractivity contribution in [3.05, 3.63) is 59.2 Å². The fourth-order valence-electron chi connectivity index (χ4n) is 3.20. The van der Waals surface area contributed by atoms with Gasteiger partial charge in [0, 0.05) is 37.7 Å². The maximum Gasteiger partial charge on any atom is 0.228 e. The van der Waals surface area contributed by atoms with E-state index in [0.717, 1.165) is 5.56 Å². The van der Waals surface area contributed by atoms with Gasteiger partial charge in [0.05, 0.1) is 5.02 Å². The van der Waals surface area contributed by atoms with Crippen LogP contribution in [0.15, 0.2) is 48.7 Å². The maximum atomic E-state index is 12.5. The summed E-state index contributed by atoms with van der Waals surface area (Å²) < 4.78 is 0. The van der Waals surface area contributed by atoms with E-state index >= 15 is 0 Å². The number of aromatic nitrogens is 1. The van der Waals surface area contributed by atoms with Crippen molar-refractivity contribution in [3.63, 3.8) is 0 Å². The molecule has 0 spiro atoms. The lowest BCUT2D eigenvalue weighted by Crippen LogP contribution is -2.42. The summed E-state index contributed by atoms with van der Waals surface area (Å²) in [6, 6.07) is 12.7. The zero-order chi connectivity index (χ0) is 19.2. The number of carbonyl (C=O) groups is 2. The van der Waals surface area contributed by atoms with E-state index < -0.39 is 0 Å². The lowest BCUT2D eigenvalue weighted by Gasteiger charge is -2.32. The number of hydrogen-bond acceptors (Lipinski definition) is 4. The first-order valence-corrected chi connectivity index (χ1v) is 9.41. The van der Waals surface area contributed by atoms with E-state index in [9.17, 15) is 9.59 Å². The topological polar surface area (TPSA) is 88.3 Å². The first-order valence-electron chi connectivity index (χ1n) is 9.03. The molecule has 9 heteroatoms. The predicted octanol–water partition coefficient (Wildman–Crippen LogP) is 3.85. The Morgan fingerprint density at radius 3 is 2.38 bits per heavy atom. The monoisotopic (exact) mass is 458 g/mol. The molecule has 1 atom stereocenters. The molecule has 1 saturated heterocycles. The van der Waals surface area contributed by atoms with Crippen LogP contribution < -0.4 is 11.1 Å². The molecule has 0 bridgehead atoms. The van der Waals surface area contributed by atoms with E-state index in [2.05, 4.69) is 10.3 Å². The van der Waals surface area contributed by atoms with E-state index in [0.29, 0.717) is 36.8 Å². The summed E-state index contributed by atoms with van der Waals surface area (Å²) in [4.78, 5) is 30.8. The van der Waals surface area contributed by atoms with E-state index in [4.69, 9.17) is 17.3 Å². The van der Waals surface area contributed by atoms with E-state index in [1.807, 2.05) is 30.3 Å². The van der Waals surface area contributed by atoms with Crippen LogP contribution in [0.3, 0.4) is 0 Å². The third-order valence-electron chi connectivity index (χ3n) is 4.82. The second-order valence-electron chi connectivity index (χ2n) is 6.73. The molecule has 1 aromatic carbocycles. The molecule has 29 heavy (non-hydrogen) atoms. The molecule has 0 radical (unpaired) electrons.